The molecule has 152 valence electrons. The van der Waals surface area contributed by atoms with E-state index in [1.54, 1.807) is 36.2 Å². The highest BCUT2D eigenvalue weighted by molar-refractivity contribution is 8.14. The van der Waals surface area contributed by atoms with Gasteiger partial charge in [0.1, 0.15) is 23.6 Å². The first-order chi connectivity index (χ1) is 14.7. The molecule has 0 bridgehead atoms. The molecule has 0 aliphatic carbocycles. The maximum atomic E-state index is 11.5. The number of nitro benzene ring substituents is 1. The van der Waals surface area contributed by atoms with Crippen LogP contribution in [0.1, 0.15) is 36.9 Å². The molecule has 2 aliphatic rings. The van der Waals surface area contributed by atoms with Gasteiger partial charge >= 0.3 is 0 Å². The first-order valence-corrected chi connectivity index (χ1v) is 10.9. The summed E-state index contributed by atoms with van der Waals surface area (Å²) in [5, 5.41) is 12.5. The van der Waals surface area contributed by atoms with E-state index >= 15 is 0 Å². The van der Waals surface area contributed by atoms with Crippen LogP contribution in [0.25, 0.3) is 11.3 Å². The minimum Gasteiger partial charge on any atom is -0.459 e. The van der Waals surface area contributed by atoms with Crippen molar-refractivity contribution in [3.8, 4) is 11.3 Å². The molecular formula is C22H20N4O3S. The topological polar surface area (TPSA) is 84.8 Å². The van der Waals surface area contributed by atoms with E-state index in [2.05, 4.69) is 16.8 Å². The average Bonchev–Trinajstić information content (AvgIpc) is 3.49. The van der Waals surface area contributed by atoms with Gasteiger partial charge in [-0.15, -0.1) is 0 Å². The number of fused-ring (bicyclic) bond motifs is 1. The van der Waals surface area contributed by atoms with Crippen molar-refractivity contribution in [2.24, 2.45) is 4.99 Å². The number of hydrogen-bond donors (Lipinski definition) is 0. The van der Waals surface area contributed by atoms with Crippen LogP contribution in [0.5, 0.6) is 0 Å². The number of rotatable bonds is 5. The molecule has 1 aromatic carbocycles. The maximum Gasteiger partial charge on any atom is 0.280 e. The predicted octanol–water partition coefficient (Wildman–Crippen LogP) is 5.23. The van der Waals surface area contributed by atoms with Crippen molar-refractivity contribution < 1.29 is 9.34 Å². The van der Waals surface area contributed by atoms with E-state index in [0.717, 1.165) is 28.8 Å². The first-order valence-electron chi connectivity index (χ1n) is 9.90. The molecule has 2 aromatic heterocycles. The van der Waals surface area contributed by atoms with Crippen molar-refractivity contribution in [2.75, 3.05) is 5.75 Å². The van der Waals surface area contributed by atoms with Crippen molar-refractivity contribution >= 4 is 22.6 Å². The van der Waals surface area contributed by atoms with Crippen molar-refractivity contribution in [2.45, 2.75) is 31.5 Å². The molecule has 1 saturated heterocycles. The van der Waals surface area contributed by atoms with Gasteiger partial charge in [0.25, 0.3) is 5.69 Å². The van der Waals surface area contributed by atoms with Crippen LogP contribution < -0.4 is 0 Å². The van der Waals surface area contributed by atoms with Gasteiger partial charge in [-0.05, 0) is 36.8 Å². The summed E-state index contributed by atoms with van der Waals surface area (Å²) in [6, 6.07) is 16.3. The van der Waals surface area contributed by atoms with E-state index in [0.29, 0.717) is 17.4 Å². The number of furan rings is 1. The third kappa shape index (κ3) is 3.08. The van der Waals surface area contributed by atoms with E-state index in [9.17, 15) is 10.1 Å². The van der Waals surface area contributed by atoms with Crippen LogP contribution in [-0.2, 0) is 0 Å². The average molecular weight is 420 g/mol. The molecule has 0 unspecified atom stereocenters. The number of thioether (sulfide) groups is 1. The van der Waals surface area contributed by atoms with Gasteiger partial charge < -0.3 is 9.32 Å². The summed E-state index contributed by atoms with van der Waals surface area (Å²) in [6.07, 6.45) is 2.79. The molecule has 0 saturated carbocycles. The maximum absolute atomic E-state index is 11.5. The molecule has 8 heteroatoms. The summed E-state index contributed by atoms with van der Waals surface area (Å²) in [4.78, 5) is 22.9. The minimum absolute atomic E-state index is 0.0335. The number of hydrogen-bond acceptors (Lipinski definition) is 7. The van der Waals surface area contributed by atoms with Gasteiger partial charge in [-0.3, -0.25) is 15.1 Å². The molecule has 0 amide bonds. The van der Waals surface area contributed by atoms with Gasteiger partial charge in [0.2, 0.25) is 0 Å². The lowest BCUT2D eigenvalue weighted by Crippen LogP contribution is -2.35. The Labute approximate surface area is 178 Å². The molecule has 5 rings (SSSR count). The second-order valence-electron chi connectivity index (χ2n) is 7.31. The van der Waals surface area contributed by atoms with Gasteiger partial charge in [0.05, 0.1) is 16.2 Å². The number of pyridine rings is 1. The quantitative estimate of drug-likeness (QED) is 0.415. The Balaban J connectivity index is 1.57. The van der Waals surface area contributed by atoms with Gasteiger partial charge in [0, 0.05) is 24.1 Å². The van der Waals surface area contributed by atoms with Crippen molar-refractivity contribution in [1.82, 2.24) is 9.88 Å². The van der Waals surface area contributed by atoms with E-state index in [4.69, 9.17) is 9.41 Å². The van der Waals surface area contributed by atoms with Crippen molar-refractivity contribution in [1.29, 1.82) is 0 Å². The fourth-order valence-corrected chi connectivity index (χ4v) is 5.49. The molecule has 0 N–H and O–H groups in total. The molecule has 0 spiro atoms. The molecule has 0 radical (unpaired) electrons. The summed E-state index contributed by atoms with van der Waals surface area (Å²) < 4.78 is 6.24. The normalized spacial score (nSPS) is 22.8. The highest BCUT2D eigenvalue weighted by atomic mass is 32.2. The second-order valence-corrected chi connectivity index (χ2v) is 8.30. The zero-order chi connectivity index (χ0) is 20.7. The molecule has 2 aliphatic heterocycles. The Morgan fingerprint density at radius 1 is 1.20 bits per heavy atom. The summed E-state index contributed by atoms with van der Waals surface area (Å²) in [5.74, 6) is 2.24. The van der Waals surface area contributed by atoms with Crippen LogP contribution in [0.3, 0.4) is 0 Å². The number of para-hydroxylation sites is 1. The highest BCUT2D eigenvalue weighted by Gasteiger charge is 2.47. The molecular weight excluding hydrogens is 400 g/mol. The van der Waals surface area contributed by atoms with Gasteiger partial charge in [0.15, 0.2) is 5.17 Å². The van der Waals surface area contributed by atoms with Crippen LogP contribution >= 0.6 is 11.8 Å². The lowest BCUT2D eigenvalue weighted by molar-refractivity contribution is -0.384. The number of aromatic nitrogens is 1. The number of nitro groups is 1. The third-order valence-corrected chi connectivity index (χ3v) is 6.74. The van der Waals surface area contributed by atoms with Gasteiger partial charge in [-0.2, -0.15) is 0 Å². The molecule has 3 atom stereocenters. The molecule has 3 aromatic rings. The van der Waals surface area contributed by atoms with E-state index in [-0.39, 0.29) is 22.7 Å². The van der Waals surface area contributed by atoms with Crippen molar-refractivity contribution in [3.63, 3.8) is 0 Å². The lowest BCUT2D eigenvalue weighted by atomic mass is 10.0. The molecule has 7 nitrogen and oxygen atoms in total. The Morgan fingerprint density at radius 3 is 2.80 bits per heavy atom. The van der Waals surface area contributed by atoms with Crippen LogP contribution in [0.15, 0.2) is 70.2 Å². The fourth-order valence-electron chi connectivity index (χ4n) is 4.16. The number of nitrogens with zero attached hydrogens (tertiary/aromatic N) is 4. The summed E-state index contributed by atoms with van der Waals surface area (Å²) in [7, 11) is 0. The smallest absolute Gasteiger partial charge is 0.280 e. The Kier molecular flexibility index (Phi) is 4.78. The Morgan fingerprint density at radius 2 is 2.03 bits per heavy atom. The number of amidine groups is 1. The SMILES string of the molecule is CC[C@H]1CSC2=N[C@@H](c3ccccn3)[C@@H](c3ccc(-c4ccccc4[N+](=O)[O-])o3)N21. The third-order valence-electron chi connectivity index (χ3n) is 5.61. The van der Waals surface area contributed by atoms with E-state index < -0.39 is 0 Å². The lowest BCUT2D eigenvalue weighted by Gasteiger charge is -2.30. The Hall–Kier alpha value is -3.13. The van der Waals surface area contributed by atoms with Gasteiger partial charge in [-0.25, -0.2) is 4.99 Å². The van der Waals surface area contributed by atoms with Crippen LogP contribution in [0.4, 0.5) is 5.69 Å². The standard InChI is InChI=1S/C22H20N4O3S/c1-2-14-13-30-22-24-20(16-8-5-6-12-23-16)21(25(14)22)19-11-10-18(29-19)15-7-3-4-9-17(15)26(27)28/h3-12,14,20-21H,2,13H2,1H3/t14-,20-,21+/m0/s1. The minimum atomic E-state index is -0.380. The molecule has 1 fully saturated rings. The fraction of sp³-hybridized carbons (Fsp3) is 0.273. The highest BCUT2D eigenvalue weighted by Crippen LogP contribution is 2.49. The zero-order valence-corrected chi connectivity index (χ0v) is 17.2. The van der Waals surface area contributed by atoms with Crippen LogP contribution in [-0.4, -0.2) is 31.8 Å². The largest absolute Gasteiger partial charge is 0.459 e. The predicted molar refractivity (Wildman–Crippen MR) is 116 cm³/mol. The Bertz CT molecular complexity index is 1110. The second kappa shape index (κ2) is 7.60. The van der Waals surface area contributed by atoms with E-state index in [1.165, 1.54) is 6.07 Å². The van der Waals surface area contributed by atoms with E-state index in [1.807, 2.05) is 30.3 Å². The van der Waals surface area contributed by atoms with Gasteiger partial charge in [-0.1, -0.05) is 36.9 Å². The summed E-state index contributed by atoms with van der Waals surface area (Å²) in [6.45, 7) is 2.18. The van der Waals surface area contributed by atoms with Crippen molar-refractivity contribution in [3.05, 3.63) is 82.4 Å². The molecule has 4 heterocycles. The molecule has 30 heavy (non-hydrogen) atoms. The summed E-state index contributed by atoms with van der Waals surface area (Å²) >= 11 is 1.77. The monoisotopic (exact) mass is 420 g/mol. The number of benzene rings is 1. The van der Waals surface area contributed by atoms with Crippen LogP contribution in [0.2, 0.25) is 0 Å². The first kappa shape index (κ1) is 18.9. The summed E-state index contributed by atoms with van der Waals surface area (Å²) in [5.41, 5.74) is 1.40. The van der Waals surface area contributed by atoms with Crippen LogP contribution in [0, 0.1) is 10.1 Å². The number of aliphatic imine (C=N–C) groups is 1. The zero-order valence-electron chi connectivity index (χ0n) is 16.3.